The fourth-order valence-corrected chi connectivity index (χ4v) is 1.70. The Kier molecular flexibility index (Phi) is 3.89. The fraction of sp³-hybridized carbons (Fsp3) is 0.462. The van der Waals surface area contributed by atoms with E-state index in [1.165, 1.54) is 5.56 Å². The van der Waals surface area contributed by atoms with Crippen molar-refractivity contribution in [2.24, 2.45) is 0 Å². The van der Waals surface area contributed by atoms with Gasteiger partial charge in [-0.15, -0.1) is 0 Å². The smallest absolute Gasteiger partial charge is 0.253 e. The van der Waals surface area contributed by atoms with E-state index in [2.05, 4.69) is 13.0 Å². The Labute approximate surface area is 91.9 Å². The maximum absolute atomic E-state index is 11.8. The van der Waals surface area contributed by atoms with Gasteiger partial charge in [-0.3, -0.25) is 4.79 Å². The number of amides is 1. The standard InChI is InChI=1S/C13H19NO/c1-5-7-11-8-6-9-12(10(11)2)13(15)14(3)4/h6,8-9H,5,7H2,1-4H3. The van der Waals surface area contributed by atoms with E-state index < -0.39 is 0 Å². The van der Waals surface area contributed by atoms with Crippen LogP contribution in [0.15, 0.2) is 18.2 Å². The second-order valence-electron chi connectivity index (χ2n) is 4.04. The fourth-order valence-electron chi connectivity index (χ4n) is 1.70. The minimum absolute atomic E-state index is 0.0884. The molecule has 0 bridgehead atoms. The summed E-state index contributed by atoms with van der Waals surface area (Å²) in [5.74, 6) is 0.0884. The predicted molar refractivity (Wildman–Crippen MR) is 63.2 cm³/mol. The largest absolute Gasteiger partial charge is 0.345 e. The van der Waals surface area contributed by atoms with Crippen LogP contribution >= 0.6 is 0 Å². The van der Waals surface area contributed by atoms with Gasteiger partial charge in [0.15, 0.2) is 0 Å². The van der Waals surface area contributed by atoms with Gasteiger partial charge in [-0.2, -0.15) is 0 Å². The third-order valence-corrected chi connectivity index (χ3v) is 2.60. The summed E-state index contributed by atoms with van der Waals surface area (Å²) in [7, 11) is 3.57. The third-order valence-electron chi connectivity index (χ3n) is 2.60. The van der Waals surface area contributed by atoms with Crippen molar-refractivity contribution in [2.45, 2.75) is 26.7 Å². The molecule has 0 aliphatic heterocycles. The molecule has 0 heterocycles. The van der Waals surface area contributed by atoms with Crippen molar-refractivity contribution in [3.8, 4) is 0 Å². The third kappa shape index (κ3) is 2.58. The van der Waals surface area contributed by atoms with Crippen molar-refractivity contribution < 1.29 is 4.79 Å². The molecule has 0 aliphatic rings. The zero-order chi connectivity index (χ0) is 11.4. The van der Waals surface area contributed by atoms with Gasteiger partial charge < -0.3 is 4.90 Å². The molecule has 1 rings (SSSR count). The predicted octanol–water partition coefficient (Wildman–Crippen LogP) is 2.65. The van der Waals surface area contributed by atoms with Gasteiger partial charge in [0.05, 0.1) is 0 Å². The summed E-state index contributed by atoms with van der Waals surface area (Å²) in [5, 5.41) is 0. The summed E-state index contributed by atoms with van der Waals surface area (Å²) in [6, 6.07) is 5.97. The first-order valence-electron chi connectivity index (χ1n) is 5.38. The minimum atomic E-state index is 0.0884. The molecular weight excluding hydrogens is 186 g/mol. The van der Waals surface area contributed by atoms with E-state index in [4.69, 9.17) is 0 Å². The van der Waals surface area contributed by atoms with Crippen LogP contribution in [0.4, 0.5) is 0 Å². The number of hydrogen-bond acceptors (Lipinski definition) is 1. The van der Waals surface area contributed by atoms with Crippen LogP contribution in [0.3, 0.4) is 0 Å². The summed E-state index contributed by atoms with van der Waals surface area (Å²) < 4.78 is 0. The molecule has 0 radical (unpaired) electrons. The van der Waals surface area contributed by atoms with E-state index in [1.54, 1.807) is 19.0 Å². The van der Waals surface area contributed by atoms with Crippen LogP contribution in [0.5, 0.6) is 0 Å². The lowest BCUT2D eigenvalue weighted by atomic mass is 9.98. The summed E-state index contributed by atoms with van der Waals surface area (Å²) in [6.45, 7) is 4.18. The SMILES string of the molecule is CCCc1cccc(C(=O)N(C)C)c1C. The van der Waals surface area contributed by atoms with Crippen LogP contribution in [-0.2, 0) is 6.42 Å². The second-order valence-corrected chi connectivity index (χ2v) is 4.04. The average Bonchev–Trinajstić information content (AvgIpc) is 2.20. The maximum atomic E-state index is 11.8. The molecular formula is C13H19NO. The Bertz CT molecular complexity index is 356. The van der Waals surface area contributed by atoms with Crippen molar-refractivity contribution in [1.29, 1.82) is 0 Å². The number of rotatable bonds is 3. The lowest BCUT2D eigenvalue weighted by Gasteiger charge is -2.14. The van der Waals surface area contributed by atoms with E-state index in [9.17, 15) is 4.79 Å². The summed E-state index contributed by atoms with van der Waals surface area (Å²) in [6.07, 6.45) is 2.15. The quantitative estimate of drug-likeness (QED) is 0.743. The summed E-state index contributed by atoms with van der Waals surface area (Å²) >= 11 is 0. The second kappa shape index (κ2) is 4.96. The first kappa shape index (κ1) is 11.8. The Morgan fingerprint density at radius 3 is 2.53 bits per heavy atom. The highest BCUT2D eigenvalue weighted by atomic mass is 16.2. The van der Waals surface area contributed by atoms with Crippen molar-refractivity contribution in [1.82, 2.24) is 4.90 Å². The van der Waals surface area contributed by atoms with Crippen molar-refractivity contribution >= 4 is 5.91 Å². The highest BCUT2D eigenvalue weighted by molar-refractivity contribution is 5.95. The van der Waals surface area contributed by atoms with Gasteiger partial charge in [0.25, 0.3) is 5.91 Å². The Morgan fingerprint density at radius 1 is 1.33 bits per heavy atom. The molecule has 0 saturated carbocycles. The number of benzene rings is 1. The van der Waals surface area contributed by atoms with Crippen LogP contribution in [0.2, 0.25) is 0 Å². The topological polar surface area (TPSA) is 20.3 Å². The first-order valence-corrected chi connectivity index (χ1v) is 5.38. The molecule has 0 unspecified atom stereocenters. The number of aryl methyl sites for hydroxylation is 1. The zero-order valence-corrected chi connectivity index (χ0v) is 10.0. The van der Waals surface area contributed by atoms with E-state index in [0.717, 1.165) is 24.0 Å². The van der Waals surface area contributed by atoms with Crippen LogP contribution in [-0.4, -0.2) is 24.9 Å². The Balaban J connectivity index is 3.09. The normalized spacial score (nSPS) is 10.1. The summed E-state index contributed by atoms with van der Waals surface area (Å²) in [5.41, 5.74) is 3.23. The molecule has 0 saturated heterocycles. The molecule has 1 amide bonds. The molecule has 0 fully saturated rings. The molecule has 2 heteroatoms. The van der Waals surface area contributed by atoms with E-state index in [1.807, 2.05) is 19.1 Å². The number of carbonyl (C=O) groups is 1. The van der Waals surface area contributed by atoms with Crippen molar-refractivity contribution in [3.63, 3.8) is 0 Å². The van der Waals surface area contributed by atoms with Crippen LogP contribution in [0.25, 0.3) is 0 Å². The van der Waals surface area contributed by atoms with Crippen LogP contribution in [0.1, 0.15) is 34.8 Å². The molecule has 0 aromatic heterocycles. The summed E-state index contributed by atoms with van der Waals surface area (Å²) in [4.78, 5) is 13.5. The maximum Gasteiger partial charge on any atom is 0.253 e. The number of nitrogens with zero attached hydrogens (tertiary/aromatic N) is 1. The zero-order valence-electron chi connectivity index (χ0n) is 10.0. The van der Waals surface area contributed by atoms with Crippen molar-refractivity contribution in [3.05, 3.63) is 34.9 Å². The highest BCUT2D eigenvalue weighted by Gasteiger charge is 2.12. The molecule has 82 valence electrons. The van der Waals surface area contributed by atoms with Gasteiger partial charge in [-0.05, 0) is 30.5 Å². The average molecular weight is 205 g/mol. The first-order chi connectivity index (χ1) is 7.07. The molecule has 2 nitrogen and oxygen atoms in total. The van der Waals surface area contributed by atoms with E-state index in [-0.39, 0.29) is 5.91 Å². The van der Waals surface area contributed by atoms with Gasteiger partial charge in [0.2, 0.25) is 0 Å². The van der Waals surface area contributed by atoms with E-state index in [0.29, 0.717) is 0 Å². The minimum Gasteiger partial charge on any atom is -0.345 e. The molecule has 0 N–H and O–H groups in total. The van der Waals surface area contributed by atoms with Gasteiger partial charge in [0.1, 0.15) is 0 Å². The van der Waals surface area contributed by atoms with Crippen LogP contribution in [0, 0.1) is 6.92 Å². The molecule has 0 spiro atoms. The monoisotopic (exact) mass is 205 g/mol. The van der Waals surface area contributed by atoms with Gasteiger partial charge in [-0.25, -0.2) is 0 Å². The molecule has 0 atom stereocenters. The van der Waals surface area contributed by atoms with Gasteiger partial charge in [0, 0.05) is 19.7 Å². The number of hydrogen-bond donors (Lipinski definition) is 0. The molecule has 1 aromatic carbocycles. The Morgan fingerprint density at radius 2 is 2.00 bits per heavy atom. The molecule has 1 aromatic rings. The lowest BCUT2D eigenvalue weighted by Crippen LogP contribution is -2.22. The highest BCUT2D eigenvalue weighted by Crippen LogP contribution is 2.16. The number of carbonyl (C=O) groups excluding carboxylic acids is 1. The van der Waals surface area contributed by atoms with E-state index >= 15 is 0 Å². The Hall–Kier alpha value is -1.31. The van der Waals surface area contributed by atoms with Gasteiger partial charge >= 0.3 is 0 Å². The van der Waals surface area contributed by atoms with Crippen molar-refractivity contribution in [2.75, 3.05) is 14.1 Å². The molecule has 15 heavy (non-hydrogen) atoms. The lowest BCUT2D eigenvalue weighted by molar-refractivity contribution is 0.0827. The van der Waals surface area contributed by atoms with Gasteiger partial charge in [-0.1, -0.05) is 25.5 Å². The molecule has 0 aliphatic carbocycles. The van der Waals surface area contributed by atoms with Crippen LogP contribution < -0.4 is 0 Å².